The summed E-state index contributed by atoms with van der Waals surface area (Å²) in [6.45, 7) is 0. The molecule has 2 bridgehead atoms. The van der Waals surface area contributed by atoms with Gasteiger partial charge < -0.3 is 5.11 Å². The van der Waals surface area contributed by atoms with Crippen LogP contribution in [0.5, 0.6) is 0 Å². The fourth-order valence-corrected chi connectivity index (χ4v) is 2.24. The van der Waals surface area contributed by atoms with Crippen molar-refractivity contribution in [1.82, 2.24) is 0 Å². The maximum Gasteiger partial charge on any atom is 0.0543 e. The number of aliphatic hydroxyl groups is 1. The fourth-order valence-electron chi connectivity index (χ4n) is 2.24. The molecule has 2 aliphatic rings. The van der Waals surface area contributed by atoms with Gasteiger partial charge in [-0.15, -0.1) is 0 Å². The first-order chi connectivity index (χ1) is 7.34. The molecular formula is C14H20O. The minimum Gasteiger partial charge on any atom is -0.393 e. The smallest absolute Gasteiger partial charge is 0.0543 e. The maximum atomic E-state index is 9.75. The average molecular weight is 204 g/mol. The first-order valence-corrected chi connectivity index (χ1v) is 6.10. The van der Waals surface area contributed by atoms with Crippen LogP contribution in [-0.4, -0.2) is 11.2 Å². The molecule has 15 heavy (non-hydrogen) atoms. The van der Waals surface area contributed by atoms with Gasteiger partial charge in [0.25, 0.3) is 0 Å². The van der Waals surface area contributed by atoms with Crippen molar-refractivity contribution in [1.29, 1.82) is 0 Å². The van der Waals surface area contributed by atoms with E-state index in [0.717, 1.165) is 19.3 Å². The summed E-state index contributed by atoms with van der Waals surface area (Å²) in [5.74, 6) is 0. The summed E-state index contributed by atoms with van der Waals surface area (Å²) in [7, 11) is 0. The summed E-state index contributed by atoms with van der Waals surface area (Å²) in [6.07, 6.45) is 7.69. The number of aryl methyl sites for hydroxylation is 2. The summed E-state index contributed by atoms with van der Waals surface area (Å²) in [4.78, 5) is 0. The molecule has 1 nitrogen and oxygen atoms in total. The van der Waals surface area contributed by atoms with Crippen molar-refractivity contribution >= 4 is 0 Å². The number of hydrogen-bond donors (Lipinski definition) is 1. The highest BCUT2D eigenvalue weighted by Crippen LogP contribution is 2.15. The number of benzene rings is 1. The highest BCUT2D eigenvalue weighted by atomic mass is 16.3. The Morgan fingerprint density at radius 3 is 2.20 bits per heavy atom. The van der Waals surface area contributed by atoms with Gasteiger partial charge in [0, 0.05) is 0 Å². The summed E-state index contributed by atoms with van der Waals surface area (Å²) < 4.78 is 0. The summed E-state index contributed by atoms with van der Waals surface area (Å²) in [5, 5.41) is 9.75. The Morgan fingerprint density at radius 1 is 0.800 bits per heavy atom. The van der Waals surface area contributed by atoms with E-state index in [1.165, 1.54) is 36.8 Å². The van der Waals surface area contributed by atoms with Crippen LogP contribution in [0.2, 0.25) is 0 Å². The summed E-state index contributed by atoms with van der Waals surface area (Å²) in [6, 6.07) is 8.90. The number of aliphatic hydroxyl groups excluding tert-OH is 1. The highest BCUT2D eigenvalue weighted by molar-refractivity contribution is 5.22. The van der Waals surface area contributed by atoms with Crippen LogP contribution in [0, 0.1) is 0 Å². The van der Waals surface area contributed by atoms with E-state index < -0.39 is 0 Å². The molecule has 0 unspecified atom stereocenters. The van der Waals surface area contributed by atoms with Crippen LogP contribution in [0.1, 0.15) is 43.2 Å². The third-order valence-corrected chi connectivity index (χ3v) is 3.29. The predicted octanol–water partition coefficient (Wildman–Crippen LogP) is 3.10. The number of hydrogen-bond acceptors (Lipinski definition) is 1. The van der Waals surface area contributed by atoms with Gasteiger partial charge in [0.2, 0.25) is 0 Å². The molecule has 82 valence electrons. The molecule has 0 spiro atoms. The quantitative estimate of drug-likeness (QED) is 0.688. The molecule has 3 rings (SSSR count). The second kappa shape index (κ2) is 5.32. The van der Waals surface area contributed by atoms with E-state index in [4.69, 9.17) is 0 Å². The SMILES string of the molecule is O[C@@H]1CCCCCc2ccc(cc2)CC1. The first-order valence-electron chi connectivity index (χ1n) is 6.10. The average Bonchev–Trinajstić information content (AvgIpc) is 2.25. The molecule has 0 amide bonds. The van der Waals surface area contributed by atoms with Gasteiger partial charge >= 0.3 is 0 Å². The van der Waals surface area contributed by atoms with Crippen molar-refractivity contribution in [2.75, 3.05) is 0 Å². The lowest BCUT2D eigenvalue weighted by atomic mass is 9.97. The minimum atomic E-state index is -0.0934. The maximum absolute atomic E-state index is 9.75. The molecule has 1 atom stereocenters. The molecule has 1 aromatic rings. The summed E-state index contributed by atoms with van der Waals surface area (Å²) in [5.41, 5.74) is 2.82. The second-order valence-corrected chi connectivity index (χ2v) is 4.61. The molecule has 0 saturated carbocycles. The van der Waals surface area contributed by atoms with Gasteiger partial charge in [-0.25, -0.2) is 0 Å². The Morgan fingerprint density at radius 2 is 1.47 bits per heavy atom. The molecule has 0 fully saturated rings. The van der Waals surface area contributed by atoms with Gasteiger partial charge in [-0.1, -0.05) is 37.1 Å². The van der Waals surface area contributed by atoms with Gasteiger partial charge in [-0.05, 0) is 43.2 Å². The van der Waals surface area contributed by atoms with Gasteiger partial charge in [-0.2, -0.15) is 0 Å². The van der Waals surface area contributed by atoms with Crippen molar-refractivity contribution in [3.8, 4) is 0 Å². The van der Waals surface area contributed by atoms with Crippen molar-refractivity contribution < 1.29 is 5.11 Å². The van der Waals surface area contributed by atoms with Crippen LogP contribution >= 0.6 is 0 Å². The van der Waals surface area contributed by atoms with E-state index in [9.17, 15) is 5.11 Å². The third kappa shape index (κ3) is 3.35. The molecule has 1 N–H and O–H groups in total. The molecule has 0 saturated heterocycles. The Balaban J connectivity index is 2.06. The van der Waals surface area contributed by atoms with Crippen LogP contribution in [0.3, 0.4) is 0 Å². The zero-order valence-corrected chi connectivity index (χ0v) is 9.28. The Kier molecular flexibility index (Phi) is 3.79. The zero-order chi connectivity index (χ0) is 10.5. The van der Waals surface area contributed by atoms with Crippen molar-refractivity contribution in [2.24, 2.45) is 0 Å². The lowest BCUT2D eigenvalue weighted by Gasteiger charge is -2.12. The molecule has 2 aliphatic carbocycles. The topological polar surface area (TPSA) is 20.2 Å². The Bertz CT molecular complexity index is 289. The molecule has 0 radical (unpaired) electrons. The zero-order valence-electron chi connectivity index (χ0n) is 9.28. The summed E-state index contributed by atoms with van der Waals surface area (Å²) >= 11 is 0. The standard InChI is InChI=1S/C14H20O/c15-14-5-3-1-2-4-12-6-8-13(9-7-12)10-11-14/h6-9,14-15H,1-5,10-11H2/t14-/m1/s1. The van der Waals surface area contributed by atoms with E-state index >= 15 is 0 Å². The molecule has 0 aromatic heterocycles. The van der Waals surface area contributed by atoms with Crippen LogP contribution in [0.4, 0.5) is 0 Å². The minimum absolute atomic E-state index is 0.0934. The molecular weight excluding hydrogens is 184 g/mol. The molecule has 1 heteroatoms. The molecule has 0 heterocycles. The van der Waals surface area contributed by atoms with Crippen molar-refractivity contribution in [3.05, 3.63) is 35.4 Å². The van der Waals surface area contributed by atoms with Crippen molar-refractivity contribution in [2.45, 2.75) is 51.0 Å². The predicted molar refractivity (Wildman–Crippen MR) is 62.9 cm³/mol. The third-order valence-electron chi connectivity index (χ3n) is 3.29. The Labute approximate surface area is 92.1 Å². The fraction of sp³-hybridized carbons (Fsp3) is 0.571. The largest absolute Gasteiger partial charge is 0.393 e. The van der Waals surface area contributed by atoms with E-state index in [1.807, 2.05) is 0 Å². The number of fused-ring (bicyclic) bond motifs is 9. The molecule has 0 aliphatic heterocycles. The lowest BCUT2D eigenvalue weighted by Crippen LogP contribution is -2.08. The van der Waals surface area contributed by atoms with E-state index in [0.29, 0.717) is 0 Å². The van der Waals surface area contributed by atoms with Crippen molar-refractivity contribution in [3.63, 3.8) is 0 Å². The van der Waals surface area contributed by atoms with Crippen LogP contribution in [0.15, 0.2) is 24.3 Å². The second-order valence-electron chi connectivity index (χ2n) is 4.61. The van der Waals surface area contributed by atoms with Gasteiger partial charge in [0.05, 0.1) is 6.10 Å². The normalized spacial score (nSPS) is 23.1. The monoisotopic (exact) mass is 204 g/mol. The van der Waals surface area contributed by atoms with E-state index in [2.05, 4.69) is 24.3 Å². The van der Waals surface area contributed by atoms with Crippen LogP contribution in [0.25, 0.3) is 0 Å². The van der Waals surface area contributed by atoms with Crippen LogP contribution in [-0.2, 0) is 12.8 Å². The highest BCUT2D eigenvalue weighted by Gasteiger charge is 2.06. The molecule has 1 aromatic carbocycles. The first kappa shape index (κ1) is 10.7. The van der Waals surface area contributed by atoms with Gasteiger partial charge in [-0.3, -0.25) is 0 Å². The van der Waals surface area contributed by atoms with Gasteiger partial charge in [0.1, 0.15) is 0 Å². The Hall–Kier alpha value is -0.820. The van der Waals surface area contributed by atoms with E-state index in [1.54, 1.807) is 0 Å². The lowest BCUT2D eigenvalue weighted by molar-refractivity contribution is 0.151. The van der Waals surface area contributed by atoms with Crippen LogP contribution < -0.4 is 0 Å². The number of rotatable bonds is 0. The van der Waals surface area contributed by atoms with E-state index in [-0.39, 0.29) is 6.10 Å². The van der Waals surface area contributed by atoms with Gasteiger partial charge in [0.15, 0.2) is 0 Å².